The highest BCUT2D eigenvalue weighted by molar-refractivity contribution is 9.09. The fourth-order valence-corrected chi connectivity index (χ4v) is 5.19. The molecule has 62 heavy (non-hydrogen) atoms. The van der Waals surface area contributed by atoms with Crippen molar-refractivity contribution in [1.29, 1.82) is 0 Å². The number of ether oxygens (including phenoxy) is 1. The second kappa shape index (κ2) is 31.4. The molecule has 0 heterocycles. The Balaban J connectivity index is 0.000000408. The fourth-order valence-electron chi connectivity index (χ4n) is 4.80. The Hall–Kier alpha value is -6.46. The molecule has 328 valence electrons. The van der Waals surface area contributed by atoms with E-state index in [1.54, 1.807) is 61.5 Å². The van der Waals surface area contributed by atoms with Crippen molar-refractivity contribution >= 4 is 57.6 Å². The summed E-state index contributed by atoms with van der Waals surface area (Å²) in [5, 5.41) is 27.2. The zero-order chi connectivity index (χ0) is 46.3. The third kappa shape index (κ3) is 23.4. The average molecular weight is 910 g/mol. The summed E-state index contributed by atoms with van der Waals surface area (Å²) in [5.41, 5.74) is 4.78. The molecule has 0 aliphatic rings. The molecule has 0 spiro atoms. The van der Waals surface area contributed by atoms with Gasteiger partial charge in [0.05, 0.1) is 17.7 Å². The van der Waals surface area contributed by atoms with Crippen molar-refractivity contribution in [3.63, 3.8) is 0 Å². The molecule has 0 fully saturated rings. The van der Waals surface area contributed by atoms with Gasteiger partial charge in [-0.3, -0.25) is 19.2 Å². The van der Waals surface area contributed by atoms with E-state index < -0.39 is 11.9 Å². The average Bonchev–Trinajstić information content (AvgIpc) is 3.28. The highest BCUT2D eigenvalue weighted by Crippen LogP contribution is 2.14. The van der Waals surface area contributed by atoms with Gasteiger partial charge < -0.3 is 20.1 Å². The standard InChI is InChI=1S/C17H14O3.C13H18O2.C8H6O3.C8H8O2.C5H11Br/c1-12-2-7-14(8-3-12)16(18)11-6-13-4-9-15(10-5-13)17(19)20;1-3-4-5-10-15-13-8-6-12(7-9-13)11(2)14;9-5-6-1-3-7(4-2-6)8(10)11;1-6(9)7-2-4-8(10)5-3-7;1-2-3-4-5-6/h2-11H,1H3,(H,19,20);6-9H,3-5,10H2,1-2H3;1-5H,(H,10,11);2-5,10H,1H3;2-5H2,1H3/b11-6+;;;;. The van der Waals surface area contributed by atoms with Crippen molar-refractivity contribution in [3.8, 4) is 11.5 Å². The van der Waals surface area contributed by atoms with Crippen LogP contribution < -0.4 is 4.74 Å². The van der Waals surface area contributed by atoms with Crippen LogP contribution in [0.5, 0.6) is 11.5 Å². The maximum atomic E-state index is 11.9. The van der Waals surface area contributed by atoms with Gasteiger partial charge in [0.15, 0.2) is 17.3 Å². The molecule has 11 heteroatoms. The lowest BCUT2D eigenvalue weighted by molar-refractivity contribution is 0.0686. The van der Waals surface area contributed by atoms with E-state index in [2.05, 4.69) is 29.8 Å². The van der Waals surface area contributed by atoms with Crippen LogP contribution in [0.2, 0.25) is 0 Å². The zero-order valence-corrected chi connectivity index (χ0v) is 37.6. The summed E-state index contributed by atoms with van der Waals surface area (Å²) in [6.07, 6.45) is 11.3. The van der Waals surface area contributed by atoms with Crippen LogP contribution in [0.1, 0.15) is 139 Å². The van der Waals surface area contributed by atoms with Gasteiger partial charge >= 0.3 is 11.9 Å². The number of allylic oxidation sites excluding steroid dienone is 1. The van der Waals surface area contributed by atoms with E-state index >= 15 is 0 Å². The van der Waals surface area contributed by atoms with Gasteiger partial charge in [-0.1, -0.05) is 116 Å². The molecule has 5 aromatic rings. The molecule has 5 rings (SSSR count). The smallest absolute Gasteiger partial charge is 0.335 e. The van der Waals surface area contributed by atoms with E-state index in [4.69, 9.17) is 20.1 Å². The molecule has 0 aliphatic heterocycles. The second-order valence-corrected chi connectivity index (χ2v) is 14.5. The molecule has 0 aliphatic carbocycles. The first-order valence-corrected chi connectivity index (χ1v) is 21.3. The normalized spacial score (nSPS) is 9.84. The summed E-state index contributed by atoms with van der Waals surface area (Å²) in [7, 11) is 0. The number of carbonyl (C=O) groups is 6. The Morgan fingerprint density at radius 2 is 0.984 bits per heavy atom. The maximum Gasteiger partial charge on any atom is 0.335 e. The number of hydrogen-bond donors (Lipinski definition) is 3. The van der Waals surface area contributed by atoms with Gasteiger partial charge in [0.25, 0.3) is 0 Å². The molecule has 0 radical (unpaired) electrons. The van der Waals surface area contributed by atoms with Crippen LogP contribution in [0.3, 0.4) is 0 Å². The van der Waals surface area contributed by atoms with Crippen molar-refractivity contribution < 1.29 is 48.8 Å². The third-order valence-electron chi connectivity index (χ3n) is 8.50. The minimum absolute atomic E-state index is 0.0139. The van der Waals surface area contributed by atoms with Crippen LogP contribution in [0.4, 0.5) is 0 Å². The molecule has 0 saturated heterocycles. The second-order valence-electron chi connectivity index (χ2n) is 13.7. The first-order valence-electron chi connectivity index (χ1n) is 20.2. The quantitative estimate of drug-likeness (QED) is 0.0284. The van der Waals surface area contributed by atoms with Crippen LogP contribution in [-0.2, 0) is 0 Å². The summed E-state index contributed by atoms with van der Waals surface area (Å²) in [4.78, 5) is 64.8. The van der Waals surface area contributed by atoms with E-state index in [0.717, 1.165) is 35.5 Å². The molecule has 0 saturated carbocycles. The first-order chi connectivity index (χ1) is 29.6. The molecule has 0 amide bonds. The number of aromatic hydroxyl groups is 1. The number of unbranched alkanes of at least 4 members (excludes halogenated alkanes) is 4. The minimum Gasteiger partial charge on any atom is -0.508 e. The number of Topliss-reactive ketones (excluding diaryl/α,β-unsaturated/α-hetero) is 2. The molecule has 3 N–H and O–H groups in total. The number of aryl methyl sites for hydroxylation is 1. The molecule has 5 aromatic carbocycles. The first kappa shape index (κ1) is 53.6. The van der Waals surface area contributed by atoms with Crippen LogP contribution in [0, 0.1) is 6.92 Å². The van der Waals surface area contributed by atoms with Gasteiger partial charge in [-0.25, -0.2) is 9.59 Å². The molecular weight excluding hydrogens is 852 g/mol. The fraction of sp³-hybridized carbons (Fsp3) is 0.255. The number of alkyl halides is 1. The SMILES string of the molecule is CC(=O)c1ccc(O)cc1.CCCCCBr.CCCCCOc1ccc(C(C)=O)cc1.Cc1ccc(C(=O)/C=C/c2ccc(C(=O)O)cc2)cc1.O=Cc1ccc(C(=O)O)cc1. The van der Waals surface area contributed by atoms with E-state index in [9.17, 15) is 28.8 Å². The number of rotatable bonds is 16. The molecule has 0 atom stereocenters. The van der Waals surface area contributed by atoms with Crippen LogP contribution >= 0.6 is 15.9 Å². The number of aldehydes is 1. The summed E-state index contributed by atoms with van der Waals surface area (Å²) in [5.74, 6) is -0.889. The Morgan fingerprint density at radius 1 is 0.565 bits per heavy atom. The molecular formula is C51H57BrO10. The maximum absolute atomic E-state index is 11.9. The monoisotopic (exact) mass is 908 g/mol. The van der Waals surface area contributed by atoms with Gasteiger partial charge in [-0.05, 0) is 118 Å². The summed E-state index contributed by atoms with van der Waals surface area (Å²) < 4.78 is 5.53. The van der Waals surface area contributed by atoms with Crippen molar-refractivity contribution in [3.05, 3.63) is 172 Å². The Morgan fingerprint density at radius 3 is 1.39 bits per heavy atom. The number of phenols is 1. The Labute approximate surface area is 373 Å². The lowest BCUT2D eigenvalue weighted by Gasteiger charge is -2.05. The van der Waals surface area contributed by atoms with Gasteiger partial charge in [0.1, 0.15) is 17.8 Å². The van der Waals surface area contributed by atoms with Crippen molar-refractivity contribution in [2.75, 3.05) is 11.9 Å². The number of benzene rings is 5. The van der Waals surface area contributed by atoms with Gasteiger partial charge in [0, 0.05) is 27.6 Å². The number of aromatic carboxylic acids is 2. The van der Waals surface area contributed by atoms with Gasteiger partial charge in [0.2, 0.25) is 0 Å². The summed E-state index contributed by atoms with van der Waals surface area (Å²) >= 11 is 3.35. The number of carboxylic acid groups (broad SMARTS) is 2. The predicted molar refractivity (Wildman–Crippen MR) is 250 cm³/mol. The minimum atomic E-state index is -0.984. The number of ketones is 3. The van der Waals surface area contributed by atoms with Crippen LogP contribution in [0.25, 0.3) is 6.08 Å². The predicted octanol–water partition coefficient (Wildman–Crippen LogP) is 12.4. The summed E-state index contributed by atoms with van der Waals surface area (Å²) in [6.45, 7) is 10.2. The van der Waals surface area contributed by atoms with Crippen molar-refractivity contribution in [2.24, 2.45) is 0 Å². The number of phenolic OH excluding ortho intramolecular Hbond substituents is 1. The van der Waals surface area contributed by atoms with Gasteiger partial charge in [-0.15, -0.1) is 0 Å². The highest BCUT2D eigenvalue weighted by Gasteiger charge is 2.04. The van der Waals surface area contributed by atoms with E-state index in [0.29, 0.717) is 23.0 Å². The number of halogens is 1. The van der Waals surface area contributed by atoms with Crippen LogP contribution in [-0.4, -0.2) is 62.8 Å². The molecule has 0 unspecified atom stereocenters. The van der Waals surface area contributed by atoms with Crippen molar-refractivity contribution in [2.45, 2.75) is 73.1 Å². The molecule has 0 bridgehead atoms. The molecule has 10 nitrogen and oxygen atoms in total. The zero-order valence-electron chi connectivity index (χ0n) is 36.0. The molecule has 0 aromatic heterocycles. The number of carbonyl (C=O) groups excluding carboxylic acids is 4. The lowest BCUT2D eigenvalue weighted by Crippen LogP contribution is -1.97. The Bertz CT molecular complexity index is 2120. The number of hydrogen-bond acceptors (Lipinski definition) is 8. The van der Waals surface area contributed by atoms with Gasteiger partial charge in [-0.2, -0.15) is 0 Å². The topological polar surface area (TPSA) is 172 Å². The Kier molecular flexibility index (Phi) is 27.1. The lowest BCUT2D eigenvalue weighted by atomic mass is 10.1. The highest BCUT2D eigenvalue weighted by atomic mass is 79.9. The van der Waals surface area contributed by atoms with E-state index in [1.807, 2.05) is 31.2 Å². The third-order valence-corrected chi connectivity index (χ3v) is 9.06. The van der Waals surface area contributed by atoms with Crippen LogP contribution in [0.15, 0.2) is 127 Å². The largest absolute Gasteiger partial charge is 0.508 e. The van der Waals surface area contributed by atoms with Crippen molar-refractivity contribution in [1.82, 2.24) is 0 Å². The number of carboxylic acids is 2. The van der Waals surface area contributed by atoms with E-state index in [1.165, 1.54) is 99.0 Å². The van der Waals surface area contributed by atoms with E-state index in [-0.39, 0.29) is 34.2 Å². The summed E-state index contributed by atoms with van der Waals surface area (Å²) in [6, 6.07) is 32.9.